The largest absolute Gasteiger partial charge is 0.478 e. The van der Waals surface area contributed by atoms with Crippen molar-refractivity contribution in [3.05, 3.63) is 29.3 Å². The van der Waals surface area contributed by atoms with Gasteiger partial charge in [-0.05, 0) is 38.8 Å². The van der Waals surface area contributed by atoms with Crippen molar-refractivity contribution in [1.29, 1.82) is 0 Å². The van der Waals surface area contributed by atoms with Crippen LogP contribution in [0.1, 0.15) is 43.5 Å². The first-order chi connectivity index (χ1) is 9.41. The van der Waals surface area contributed by atoms with Gasteiger partial charge in [0.15, 0.2) is 11.6 Å². The number of aromatic carboxylic acids is 1. The molecule has 0 radical (unpaired) electrons. The fourth-order valence-electron chi connectivity index (χ4n) is 2.58. The summed E-state index contributed by atoms with van der Waals surface area (Å²) in [7, 11) is 0. The number of carboxylic acid groups (broad SMARTS) is 1. The SMILES string of the molecule is CC1CCCC(C)N1Nc1ccc(C(=O)O)c(F)c1F. The van der Waals surface area contributed by atoms with Crippen molar-refractivity contribution < 1.29 is 18.7 Å². The van der Waals surface area contributed by atoms with Crippen molar-refractivity contribution >= 4 is 11.7 Å². The topological polar surface area (TPSA) is 52.6 Å². The molecule has 6 heteroatoms. The Balaban J connectivity index is 2.25. The van der Waals surface area contributed by atoms with Gasteiger partial charge in [0.05, 0.1) is 11.3 Å². The lowest BCUT2D eigenvalue weighted by Gasteiger charge is -2.39. The van der Waals surface area contributed by atoms with E-state index in [0.717, 1.165) is 25.3 Å². The zero-order valence-corrected chi connectivity index (χ0v) is 11.5. The third kappa shape index (κ3) is 2.75. The van der Waals surface area contributed by atoms with Crippen LogP contribution in [0.25, 0.3) is 0 Å². The van der Waals surface area contributed by atoms with Gasteiger partial charge in [-0.25, -0.2) is 18.6 Å². The first-order valence-electron chi connectivity index (χ1n) is 6.68. The fourth-order valence-corrected chi connectivity index (χ4v) is 2.58. The quantitative estimate of drug-likeness (QED) is 0.894. The van der Waals surface area contributed by atoms with Crippen LogP contribution in [0.5, 0.6) is 0 Å². The van der Waals surface area contributed by atoms with E-state index in [-0.39, 0.29) is 17.8 Å². The van der Waals surface area contributed by atoms with Gasteiger partial charge in [-0.1, -0.05) is 6.42 Å². The zero-order valence-electron chi connectivity index (χ0n) is 11.5. The minimum absolute atomic E-state index is 0.0342. The predicted octanol–water partition coefficient (Wildman–Crippen LogP) is 3.25. The number of halogens is 2. The summed E-state index contributed by atoms with van der Waals surface area (Å²) in [5.41, 5.74) is 2.19. The molecular formula is C14H18F2N2O2. The number of carboxylic acids is 1. The van der Waals surface area contributed by atoms with Gasteiger partial charge in [-0.3, -0.25) is 0 Å². The number of rotatable bonds is 3. The number of nitrogens with zero attached hydrogens (tertiary/aromatic N) is 1. The molecule has 2 rings (SSSR count). The monoisotopic (exact) mass is 284 g/mol. The molecule has 1 aromatic carbocycles. The molecule has 1 aliphatic heterocycles. The van der Waals surface area contributed by atoms with E-state index in [1.807, 2.05) is 18.9 Å². The molecule has 4 nitrogen and oxygen atoms in total. The molecule has 0 aromatic heterocycles. The normalized spacial score (nSPS) is 23.6. The Morgan fingerprint density at radius 3 is 2.40 bits per heavy atom. The van der Waals surface area contributed by atoms with Gasteiger partial charge >= 0.3 is 5.97 Å². The number of benzene rings is 1. The minimum atomic E-state index is -1.48. The second kappa shape index (κ2) is 5.75. The van der Waals surface area contributed by atoms with Crippen LogP contribution in [-0.4, -0.2) is 28.2 Å². The van der Waals surface area contributed by atoms with Gasteiger partial charge in [-0.15, -0.1) is 0 Å². The molecule has 0 spiro atoms. The number of nitrogens with one attached hydrogen (secondary N) is 1. The molecule has 0 amide bonds. The fraction of sp³-hybridized carbons (Fsp3) is 0.500. The molecule has 1 aromatic rings. The van der Waals surface area contributed by atoms with Crippen molar-refractivity contribution in [1.82, 2.24) is 5.01 Å². The average molecular weight is 284 g/mol. The molecule has 1 aliphatic rings. The summed E-state index contributed by atoms with van der Waals surface area (Å²) in [6.45, 7) is 4.03. The van der Waals surface area contributed by atoms with Crippen molar-refractivity contribution in [3.8, 4) is 0 Å². The summed E-state index contributed by atoms with van der Waals surface area (Å²) in [6.07, 6.45) is 3.07. The maximum Gasteiger partial charge on any atom is 0.338 e. The summed E-state index contributed by atoms with van der Waals surface area (Å²) < 4.78 is 27.6. The van der Waals surface area contributed by atoms with Gasteiger partial charge in [0, 0.05) is 12.1 Å². The average Bonchev–Trinajstić information content (AvgIpc) is 2.38. The van der Waals surface area contributed by atoms with Gasteiger partial charge in [0.1, 0.15) is 0 Å². The van der Waals surface area contributed by atoms with Gasteiger partial charge in [-0.2, -0.15) is 0 Å². The Kier molecular flexibility index (Phi) is 4.23. The van der Waals surface area contributed by atoms with E-state index in [4.69, 9.17) is 5.11 Å². The third-order valence-corrected chi connectivity index (χ3v) is 3.76. The highest BCUT2D eigenvalue weighted by Gasteiger charge is 2.26. The van der Waals surface area contributed by atoms with E-state index < -0.39 is 23.2 Å². The van der Waals surface area contributed by atoms with Gasteiger partial charge < -0.3 is 10.5 Å². The predicted molar refractivity (Wildman–Crippen MR) is 71.6 cm³/mol. The second-order valence-corrected chi connectivity index (χ2v) is 5.24. The summed E-state index contributed by atoms with van der Waals surface area (Å²) in [4.78, 5) is 10.7. The standard InChI is InChI=1S/C14H18F2N2O2/c1-8-4-3-5-9(2)18(8)17-11-7-6-10(14(19)20)12(15)13(11)16/h6-9,17H,3-5H2,1-2H3,(H,19,20). The first kappa shape index (κ1) is 14.7. The molecule has 1 saturated heterocycles. The summed E-state index contributed by atoms with van der Waals surface area (Å²) in [6, 6.07) is 2.75. The lowest BCUT2D eigenvalue weighted by Crippen LogP contribution is -2.47. The van der Waals surface area contributed by atoms with Crippen LogP contribution in [0.3, 0.4) is 0 Å². The maximum absolute atomic E-state index is 13.9. The van der Waals surface area contributed by atoms with Crippen LogP contribution in [-0.2, 0) is 0 Å². The van der Waals surface area contributed by atoms with Crippen LogP contribution >= 0.6 is 0 Å². The number of hydrazine groups is 1. The van der Waals surface area contributed by atoms with E-state index in [2.05, 4.69) is 5.43 Å². The Morgan fingerprint density at radius 1 is 1.25 bits per heavy atom. The Labute approximate surface area is 116 Å². The minimum Gasteiger partial charge on any atom is -0.478 e. The zero-order chi connectivity index (χ0) is 14.9. The molecular weight excluding hydrogens is 266 g/mol. The molecule has 2 N–H and O–H groups in total. The van der Waals surface area contributed by atoms with Crippen LogP contribution in [0.15, 0.2) is 12.1 Å². The van der Waals surface area contributed by atoms with E-state index in [0.29, 0.717) is 0 Å². The maximum atomic E-state index is 13.9. The summed E-state index contributed by atoms with van der Waals surface area (Å²) in [5.74, 6) is -3.97. The van der Waals surface area contributed by atoms with Crippen molar-refractivity contribution in [2.75, 3.05) is 5.43 Å². The van der Waals surface area contributed by atoms with E-state index in [1.165, 1.54) is 6.07 Å². The van der Waals surface area contributed by atoms with Crippen LogP contribution in [0.4, 0.5) is 14.5 Å². The van der Waals surface area contributed by atoms with Crippen LogP contribution in [0.2, 0.25) is 0 Å². The van der Waals surface area contributed by atoms with E-state index in [1.54, 1.807) is 0 Å². The number of carbonyl (C=O) groups is 1. The van der Waals surface area contributed by atoms with E-state index >= 15 is 0 Å². The number of hydrogen-bond donors (Lipinski definition) is 2. The van der Waals surface area contributed by atoms with Crippen molar-refractivity contribution in [2.24, 2.45) is 0 Å². The molecule has 0 bridgehead atoms. The number of hydrogen-bond acceptors (Lipinski definition) is 3. The molecule has 2 unspecified atom stereocenters. The highest BCUT2D eigenvalue weighted by molar-refractivity contribution is 5.88. The second-order valence-electron chi connectivity index (χ2n) is 5.24. The summed E-state index contributed by atoms with van der Waals surface area (Å²) >= 11 is 0. The molecule has 0 aliphatic carbocycles. The molecule has 110 valence electrons. The van der Waals surface area contributed by atoms with Gasteiger partial charge in [0.25, 0.3) is 0 Å². The number of anilines is 1. The van der Waals surface area contributed by atoms with Crippen molar-refractivity contribution in [3.63, 3.8) is 0 Å². The molecule has 0 saturated carbocycles. The van der Waals surface area contributed by atoms with Crippen LogP contribution < -0.4 is 5.43 Å². The molecule has 2 atom stereocenters. The first-order valence-corrected chi connectivity index (χ1v) is 6.68. The number of piperidine rings is 1. The Hall–Kier alpha value is -1.69. The van der Waals surface area contributed by atoms with Gasteiger partial charge in [0.2, 0.25) is 0 Å². The molecule has 1 heterocycles. The highest BCUT2D eigenvalue weighted by atomic mass is 19.2. The Bertz CT molecular complexity index is 512. The van der Waals surface area contributed by atoms with E-state index in [9.17, 15) is 13.6 Å². The molecule has 1 fully saturated rings. The smallest absolute Gasteiger partial charge is 0.338 e. The Morgan fingerprint density at radius 2 is 1.85 bits per heavy atom. The van der Waals surface area contributed by atoms with Crippen LogP contribution in [0, 0.1) is 11.6 Å². The van der Waals surface area contributed by atoms with Crippen molar-refractivity contribution in [2.45, 2.75) is 45.2 Å². The summed E-state index contributed by atoms with van der Waals surface area (Å²) in [5, 5.41) is 10.6. The lowest BCUT2D eigenvalue weighted by molar-refractivity contribution is 0.0690. The highest BCUT2D eigenvalue weighted by Crippen LogP contribution is 2.26. The molecule has 20 heavy (non-hydrogen) atoms. The lowest BCUT2D eigenvalue weighted by atomic mass is 10.00. The third-order valence-electron chi connectivity index (χ3n) is 3.76.